The smallest absolute Gasteiger partial charge is 0.225 e. The van der Waals surface area contributed by atoms with Gasteiger partial charge in [-0.05, 0) is 23.7 Å². The molecule has 0 saturated heterocycles. The molecule has 0 saturated carbocycles. The van der Waals surface area contributed by atoms with Crippen molar-refractivity contribution in [2.45, 2.75) is 0 Å². The van der Waals surface area contributed by atoms with Gasteiger partial charge in [0.05, 0.1) is 17.7 Å². The summed E-state index contributed by atoms with van der Waals surface area (Å²) >= 11 is 7.12. The van der Waals surface area contributed by atoms with E-state index in [0.29, 0.717) is 11.0 Å². The molecule has 0 atom stereocenters. The number of halogens is 1. The number of aromatic nitrogens is 2. The molecule has 0 radical (unpaired) electrons. The van der Waals surface area contributed by atoms with Crippen LogP contribution >= 0.6 is 23.1 Å². The largest absolute Gasteiger partial charge is 0.480 e. The molecule has 0 aliphatic rings. The fraction of sp³-hybridized carbons (Fsp3) is 0.111. The van der Waals surface area contributed by atoms with E-state index in [0.717, 1.165) is 10.6 Å². The zero-order valence-electron chi connectivity index (χ0n) is 7.40. The molecule has 3 nitrogen and oxygen atoms in total. The topological polar surface area (TPSA) is 35.0 Å². The van der Waals surface area contributed by atoms with Gasteiger partial charge in [0.25, 0.3) is 0 Å². The van der Waals surface area contributed by atoms with E-state index in [-0.39, 0.29) is 0 Å². The van der Waals surface area contributed by atoms with Crippen LogP contribution in [0.25, 0.3) is 10.6 Å². The first kappa shape index (κ1) is 9.43. The lowest BCUT2D eigenvalue weighted by Gasteiger charge is -1.94. The highest BCUT2D eigenvalue weighted by molar-refractivity contribution is 7.09. The second-order valence-electron chi connectivity index (χ2n) is 2.58. The number of ether oxygens (including phenoxy) is 1. The van der Waals surface area contributed by atoms with Crippen LogP contribution in [0.2, 0.25) is 5.15 Å². The summed E-state index contributed by atoms with van der Waals surface area (Å²) in [6.07, 6.45) is 0. The van der Waals surface area contributed by atoms with Gasteiger partial charge in [-0.25, -0.2) is 4.98 Å². The Morgan fingerprint density at radius 3 is 2.93 bits per heavy atom. The van der Waals surface area contributed by atoms with Crippen LogP contribution in [0.1, 0.15) is 0 Å². The van der Waals surface area contributed by atoms with Gasteiger partial charge in [-0.2, -0.15) is 4.37 Å². The Kier molecular flexibility index (Phi) is 2.65. The highest BCUT2D eigenvalue weighted by Crippen LogP contribution is 2.26. The third-order valence-electron chi connectivity index (χ3n) is 1.67. The summed E-state index contributed by atoms with van der Waals surface area (Å²) < 4.78 is 9.06. The Morgan fingerprint density at radius 2 is 2.29 bits per heavy atom. The van der Waals surface area contributed by atoms with Gasteiger partial charge in [0.15, 0.2) is 0 Å². The SMILES string of the molecule is COc1cc(-c2cccc(Cl)n2)sn1. The van der Waals surface area contributed by atoms with E-state index in [4.69, 9.17) is 16.3 Å². The lowest BCUT2D eigenvalue weighted by atomic mass is 10.3. The van der Waals surface area contributed by atoms with E-state index in [2.05, 4.69) is 9.36 Å². The Morgan fingerprint density at radius 1 is 1.43 bits per heavy atom. The minimum atomic E-state index is 0.481. The Balaban J connectivity index is 2.39. The third kappa shape index (κ3) is 1.86. The van der Waals surface area contributed by atoms with Gasteiger partial charge in [0.1, 0.15) is 5.15 Å². The lowest BCUT2D eigenvalue weighted by molar-refractivity contribution is 0.403. The minimum absolute atomic E-state index is 0.481. The number of nitrogens with zero attached hydrogens (tertiary/aromatic N) is 2. The molecular formula is C9H7ClN2OS. The molecule has 14 heavy (non-hydrogen) atoms. The maximum absolute atomic E-state index is 5.78. The van der Waals surface area contributed by atoms with Crippen molar-refractivity contribution >= 4 is 23.1 Å². The summed E-state index contributed by atoms with van der Waals surface area (Å²) in [5.74, 6) is 0.603. The molecule has 0 amide bonds. The van der Waals surface area contributed by atoms with Crippen molar-refractivity contribution < 1.29 is 4.74 Å². The van der Waals surface area contributed by atoms with Crippen molar-refractivity contribution in [3.63, 3.8) is 0 Å². The second kappa shape index (κ2) is 3.94. The van der Waals surface area contributed by atoms with E-state index in [1.807, 2.05) is 18.2 Å². The van der Waals surface area contributed by atoms with Crippen LogP contribution in [-0.2, 0) is 0 Å². The second-order valence-corrected chi connectivity index (χ2v) is 3.77. The molecule has 2 aromatic rings. The first-order valence-electron chi connectivity index (χ1n) is 3.93. The normalized spacial score (nSPS) is 10.1. The maximum atomic E-state index is 5.78. The van der Waals surface area contributed by atoms with Crippen LogP contribution in [0, 0.1) is 0 Å². The molecule has 2 rings (SSSR count). The maximum Gasteiger partial charge on any atom is 0.225 e. The van der Waals surface area contributed by atoms with Crippen LogP contribution in [-0.4, -0.2) is 16.5 Å². The van der Waals surface area contributed by atoms with Gasteiger partial charge in [-0.3, -0.25) is 0 Å². The Hall–Kier alpha value is -1.13. The quantitative estimate of drug-likeness (QED) is 0.739. The van der Waals surface area contributed by atoms with Gasteiger partial charge >= 0.3 is 0 Å². The van der Waals surface area contributed by atoms with E-state index in [1.165, 1.54) is 11.5 Å². The minimum Gasteiger partial charge on any atom is -0.480 e. The fourth-order valence-electron chi connectivity index (χ4n) is 1.02. The number of methoxy groups -OCH3 is 1. The summed E-state index contributed by atoms with van der Waals surface area (Å²) in [7, 11) is 1.59. The molecule has 0 spiro atoms. The van der Waals surface area contributed by atoms with Crippen LogP contribution < -0.4 is 4.74 Å². The van der Waals surface area contributed by atoms with Crippen molar-refractivity contribution in [1.29, 1.82) is 0 Å². The first-order valence-corrected chi connectivity index (χ1v) is 5.08. The summed E-state index contributed by atoms with van der Waals surface area (Å²) in [6.45, 7) is 0. The number of rotatable bonds is 2. The Labute approximate surface area is 90.5 Å². The number of hydrogen-bond acceptors (Lipinski definition) is 4. The molecular weight excluding hydrogens is 220 g/mol. The molecule has 0 unspecified atom stereocenters. The van der Waals surface area contributed by atoms with Crippen LogP contribution in [0.4, 0.5) is 0 Å². The van der Waals surface area contributed by atoms with E-state index in [9.17, 15) is 0 Å². The molecule has 2 aromatic heterocycles. The zero-order valence-corrected chi connectivity index (χ0v) is 8.97. The van der Waals surface area contributed by atoms with Crippen LogP contribution in [0.5, 0.6) is 5.88 Å². The molecule has 5 heteroatoms. The molecule has 0 N–H and O–H groups in total. The first-order chi connectivity index (χ1) is 6.79. The van der Waals surface area contributed by atoms with E-state index < -0.39 is 0 Å². The van der Waals surface area contributed by atoms with Crippen molar-refractivity contribution in [3.05, 3.63) is 29.4 Å². The molecule has 0 aromatic carbocycles. The summed E-state index contributed by atoms with van der Waals surface area (Å²) in [5, 5.41) is 0.481. The average molecular weight is 227 g/mol. The van der Waals surface area contributed by atoms with Crippen LogP contribution in [0.3, 0.4) is 0 Å². The highest BCUT2D eigenvalue weighted by atomic mass is 35.5. The van der Waals surface area contributed by atoms with Crippen molar-refractivity contribution in [2.75, 3.05) is 7.11 Å². The zero-order chi connectivity index (χ0) is 9.97. The highest BCUT2D eigenvalue weighted by Gasteiger charge is 2.05. The summed E-state index contributed by atoms with van der Waals surface area (Å²) in [6, 6.07) is 7.32. The summed E-state index contributed by atoms with van der Waals surface area (Å²) in [5.41, 5.74) is 0.818. The van der Waals surface area contributed by atoms with Crippen molar-refractivity contribution in [3.8, 4) is 16.5 Å². The van der Waals surface area contributed by atoms with Crippen LogP contribution in [0.15, 0.2) is 24.3 Å². The van der Waals surface area contributed by atoms with E-state index in [1.54, 1.807) is 13.2 Å². The molecule has 0 aliphatic heterocycles. The standard InChI is InChI=1S/C9H7ClN2OS/c1-13-9-5-7(14-12-9)6-3-2-4-8(10)11-6/h2-5H,1H3. The molecule has 0 aliphatic carbocycles. The monoisotopic (exact) mass is 226 g/mol. The molecule has 72 valence electrons. The van der Waals surface area contributed by atoms with Crippen molar-refractivity contribution in [2.24, 2.45) is 0 Å². The molecule has 0 bridgehead atoms. The fourth-order valence-corrected chi connectivity index (χ4v) is 1.86. The van der Waals surface area contributed by atoms with Crippen molar-refractivity contribution in [1.82, 2.24) is 9.36 Å². The molecule has 2 heterocycles. The van der Waals surface area contributed by atoms with Gasteiger partial charge in [0, 0.05) is 6.07 Å². The molecule has 0 fully saturated rings. The summed E-state index contributed by atoms with van der Waals surface area (Å²) in [4.78, 5) is 5.12. The number of pyridine rings is 1. The Bertz CT molecular complexity index is 444. The average Bonchev–Trinajstić information content (AvgIpc) is 2.66. The van der Waals surface area contributed by atoms with E-state index >= 15 is 0 Å². The van der Waals surface area contributed by atoms with Gasteiger partial charge in [0.2, 0.25) is 5.88 Å². The number of hydrogen-bond donors (Lipinski definition) is 0. The van der Waals surface area contributed by atoms with Gasteiger partial charge in [-0.15, -0.1) is 0 Å². The van der Waals surface area contributed by atoms with Gasteiger partial charge in [-0.1, -0.05) is 17.7 Å². The van der Waals surface area contributed by atoms with Gasteiger partial charge < -0.3 is 4.74 Å². The lowest BCUT2D eigenvalue weighted by Crippen LogP contribution is -1.80. The third-order valence-corrected chi connectivity index (χ3v) is 2.67. The predicted molar refractivity (Wildman–Crippen MR) is 56.9 cm³/mol. The predicted octanol–water partition coefficient (Wildman–Crippen LogP) is 2.87.